The molecule has 2 aromatic carbocycles. The topological polar surface area (TPSA) is 69.6 Å². The molecule has 0 saturated heterocycles. The maximum Gasteiger partial charge on any atom is 0.419 e. The van der Waals surface area contributed by atoms with Crippen molar-refractivity contribution in [3.05, 3.63) is 47.8 Å². The fourth-order valence-corrected chi connectivity index (χ4v) is 2.99. The van der Waals surface area contributed by atoms with Gasteiger partial charge in [0.2, 0.25) is 5.82 Å². The van der Waals surface area contributed by atoms with Crippen LogP contribution in [0.5, 0.6) is 0 Å². The Morgan fingerprint density at radius 1 is 1.07 bits per heavy atom. The third kappa shape index (κ3) is 3.89. The van der Waals surface area contributed by atoms with Gasteiger partial charge < -0.3 is 4.52 Å². The zero-order valence-corrected chi connectivity index (χ0v) is 16.1. The standard InChI is InChI=1S/C20H17F4N5O/c1-11(2)7-8-29-17-6-4-13(10-16(17)26-28-29)19-25-18(27-30-19)12-3-5-14(15(21)9-12)20(22,23)24/h3-6,9-11H,7-8H2,1-2H3. The maximum atomic E-state index is 13.8. The summed E-state index contributed by atoms with van der Waals surface area (Å²) >= 11 is 0. The summed E-state index contributed by atoms with van der Waals surface area (Å²) in [6.45, 7) is 5.01. The van der Waals surface area contributed by atoms with E-state index in [2.05, 4.69) is 34.3 Å². The molecule has 0 fully saturated rings. The Kier molecular flexibility index (Phi) is 5.00. The summed E-state index contributed by atoms with van der Waals surface area (Å²) < 4.78 is 59.0. The summed E-state index contributed by atoms with van der Waals surface area (Å²) in [5.41, 5.74) is 0.822. The van der Waals surface area contributed by atoms with Crippen LogP contribution in [0.3, 0.4) is 0 Å². The van der Waals surface area contributed by atoms with Crippen LogP contribution in [0.1, 0.15) is 25.8 Å². The third-order valence-electron chi connectivity index (χ3n) is 4.64. The first kappa shape index (κ1) is 20.0. The SMILES string of the molecule is CC(C)CCn1nnc2cc(-c3nc(-c4ccc(C(F)(F)F)c(F)c4)no3)ccc21. The molecule has 0 unspecified atom stereocenters. The molecule has 6 nitrogen and oxygen atoms in total. The van der Waals surface area contributed by atoms with Gasteiger partial charge >= 0.3 is 6.18 Å². The summed E-state index contributed by atoms with van der Waals surface area (Å²) in [5.74, 6) is -0.733. The van der Waals surface area contributed by atoms with E-state index in [4.69, 9.17) is 4.52 Å². The molecule has 0 bridgehead atoms. The Hall–Kier alpha value is -3.30. The highest BCUT2D eigenvalue weighted by Crippen LogP contribution is 2.33. The van der Waals surface area contributed by atoms with Crippen LogP contribution in [0.25, 0.3) is 33.9 Å². The second-order valence-electron chi connectivity index (χ2n) is 7.31. The van der Waals surface area contributed by atoms with E-state index in [0.29, 0.717) is 23.1 Å². The first-order valence-corrected chi connectivity index (χ1v) is 9.27. The molecule has 0 aliphatic heterocycles. The van der Waals surface area contributed by atoms with Crippen LogP contribution < -0.4 is 0 Å². The summed E-state index contributed by atoms with van der Waals surface area (Å²) in [5, 5.41) is 12.1. The number of alkyl halides is 3. The van der Waals surface area contributed by atoms with Crippen molar-refractivity contribution in [2.24, 2.45) is 5.92 Å². The lowest BCUT2D eigenvalue weighted by Crippen LogP contribution is -2.07. The van der Waals surface area contributed by atoms with Gasteiger partial charge in [-0.25, -0.2) is 9.07 Å². The van der Waals surface area contributed by atoms with E-state index in [0.717, 1.165) is 30.6 Å². The lowest BCUT2D eigenvalue weighted by Gasteiger charge is -2.07. The third-order valence-corrected chi connectivity index (χ3v) is 4.64. The zero-order valence-electron chi connectivity index (χ0n) is 16.1. The van der Waals surface area contributed by atoms with E-state index in [1.54, 1.807) is 12.1 Å². The van der Waals surface area contributed by atoms with E-state index in [-0.39, 0.29) is 17.3 Å². The number of fused-ring (bicyclic) bond motifs is 1. The molecule has 0 aliphatic carbocycles. The fourth-order valence-electron chi connectivity index (χ4n) is 2.99. The highest BCUT2D eigenvalue weighted by molar-refractivity contribution is 5.79. The van der Waals surface area contributed by atoms with Crippen molar-refractivity contribution in [3.63, 3.8) is 0 Å². The smallest absolute Gasteiger partial charge is 0.334 e. The Labute approximate surface area is 168 Å². The largest absolute Gasteiger partial charge is 0.419 e. The molecule has 0 radical (unpaired) electrons. The van der Waals surface area contributed by atoms with Crippen molar-refractivity contribution in [1.82, 2.24) is 25.1 Å². The highest BCUT2D eigenvalue weighted by Gasteiger charge is 2.34. The molecular weight excluding hydrogens is 402 g/mol. The molecule has 30 heavy (non-hydrogen) atoms. The van der Waals surface area contributed by atoms with Crippen LogP contribution in [0.2, 0.25) is 0 Å². The number of rotatable bonds is 5. The molecule has 10 heteroatoms. The molecule has 4 aromatic rings. The second kappa shape index (κ2) is 7.51. The normalized spacial score (nSPS) is 12.2. The van der Waals surface area contributed by atoms with E-state index in [1.807, 2.05) is 10.7 Å². The van der Waals surface area contributed by atoms with Crippen molar-refractivity contribution in [2.75, 3.05) is 0 Å². The van der Waals surface area contributed by atoms with Gasteiger partial charge in [-0.1, -0.05) is 30.3 Å². The van der Waals surface area contributed by atoms with Crippen molar-refractivity contribution in [3.8, 4) is 22.8 Å². The number of nitrogens with zero attached hydrogens (tertiary/aromatic N) is 5. The summed E-state index contributed by atoms with van der Waals surface area (Å²) in [6, 6.07) is 7.83. The molecular formula is C20H17F4N5O. The number of hydrogen-bond acceptors (Lipinski definition) is 5. The average Bonchev–Trinajstić information content (AvgIpc) is 3.32. The summed E-state index contributed by atoms with van der Waals surface area (Å²) in [4.78, 5) is 4.18. The highest BCUT2D eigenvalue weighted by atomic mass is 19.4. The Morgan fingerprint density at radius 3 is 2.53 bits per heavy atom. The van der Waals surface area contributed by atoms with Gasteiger partial charge in [0.1, 0.15) is 11.3 Å². The van der Waals surface area contributed by atoms with Gasteiger partial charge in [0.05, 0.1) is 11.1 Å². The van der Waals surface area contributed by atoms with E-state index < -0.39 is 17.6 Å². The first-order chi connectivity index (χ1) is 14.2. The monoisotopic (exact) mass is 419 g/mol. The van der Waals surface area contributed by atoms with Gasteiger partial charge in [-0.15, -0.1) is 5.10 Å². The lowest BCUT2D eigenvalue weighted by atomic mass is 10.1. The molecule has 156 valence electrons. The molecule has 2 heterocycles. The van der Waals surface area contributed by atoms with Crippen molar-refractivity contribution in [2.45, 2.75) is 33.0 Å². The molecule has 0 N–H and O–H groups in total. The average molecular weight is 419 g/mol. The predicted molar refractivity (Wildman–Crippen MR) is 101 cm³/mol. The minimum absolute atomic E-state index is 0.0155. The molecule has 0 saturated carbocycles. The van der Waals surface area contributed by atoms with E-state index in [9.17, 15) is 17.6 Å². The number of hydrogen-bond donors (Lipinski definition) is 0. The minimum atomic E-state index is -4.77. The molecule has 0 amide bonds. The minimum Gasteiger partial charge on any atom is -0.334 e. The number of halogens is 4. The number of aromatic nitrogens is 5. The predicted octanol–water partition coefficient (Wildman–Crippen LogP) is 5.35. The summed E-state index contributed by atoms with van der Waals surface area (Å²) in [7, 11) is 0. The quantitative estimate of drug-likeness (QED) is 0.408. The zero-order chi connectivity index (χ0) is 21.5. The Morgan fingerprint density at radius 2 is 1.83 bits per heavy atom. The van der Waals surface area contributed by atoms with Crippen molar-refractivity contribution in [1.29, 1.82) is 0 Å². The van der Waals surface area contributed by atoms with E-state index in [1.165, 1.54) is 0 Å². The van der Waals surface area contributed by atoms with Crippen molar-refractivity contribution < 1.29 is 22.1 Å². The fraction of sp³-hybridized carbons (Fsp3) is 0.300. The Balaban J connectivity index is 1.61. The second-order valence-corrected chi connectivity index (χ2v) is 7.31. The van der Waals surface area contributed by atoms with Gasteiger partial charge in [0.25, 0.3) is 5.89 Å². The van der Waals surface area contributed by atoms with Gasteiger partial charge in [0.15, 0.2) is 0 Å². The molecule has 0 atom stereocenters. The van der Waals surface area contributed by atoms with Crippen LogP contribution in [0.15, 0.2) is 40.9 Å². The van der Waals surface area contributed by atoms with Crippen LogP contribution in [0, 0.1) is 11.7 Å². The van der Waals surface area contributed by atoms with Gasteiger partial charge in [0, 0.05) is 17.7 Å². The van der Waals surface area contributed by atoms with Gasteiger partial charge in [-0.3, -0.25) is 0 Å². The van der Waals surface area contributed by atoms with Crippen LogP contribution in [-0.2, 0) is 12.7 Å². The first-order valence-electron chi connectivity index (χ1n) is 9.27. The molecule has 2 aromatic heterocycles. The maximum absolute atomic E-state index is 13.8. The van der Waals surface area contributed by atoms with Crippen molar-refractivity contribution >= 4 is 11.0 Å². The van der Waals surface area contributed by atoms with E-state index >= 15 is 0 Å². The molecule has 0 aliphatic rings. The van der Waals surface area contributed by atoms with Crippen LogP contribution >= 0.6 is 0 Å². The lowest BCUT2D eigenvalue weighted by molar-refractivity contribution is -0.139. The number of aryl methyl sites for hydroxylation is 1. The van der Waals surface area contributed by atoms with Gasteiger partial charge in [-0.05, 0) is 42.7 Å². The molecule has 0 spiro atoms. The number of benzene rings is 2. The Bertz CT molecular complexity index is 1200. The molecule has 4 rings (SSSR count). The van der Waals surface area contributed by atoms with Gasteiger partial charge in [-0.2, -0.15) is 18.2 Å². The van der Waals surface area contributed by atoms with Crippen LogP contribution in [0.4, 0.5) is 17.6 Å². The summed E-state index contributed by atoms with van der Waals surface area (Å²) in [6.07, 6.45) is -3.80. The van der Waals surface area contributed by atoms with Crippen LogP contribution in [-0.4, -0.2) is 25.1 Å².